The van der Waals surface area contributed by atoms with Gasteiger partial charge < -0.3 is 4.90 Å². The van der Waals surface area contributed by atoms with Gasteiger partial charge in [0, 0.05) is 35.9 Å². The Labute approximate surface area is 193 Å². The van der Waals surface area contributed by atoms with Crippen LogP contribution in [0.3, 0.4) is 0 Å². The van der Waals surface area contributed by atoms with Crippen LogP contribution < -0.4 is 4.90 Å². The highest BCUT2D eigenvalue weighted by Gasteiger charge is 2.14. The zero-order valence-corrected chi connectivity index (χ0v) is 18.2. The average Bonchev–Trinajstić information content (AvgIpc) is 3.23. The van der Waals surface area contributed by atoms with Crippen LogP contribution in [0.4, 0.5) is 11.5 Å². The summed E-state index contributed by atoms with van der Waals surface area (Å²) < 4.78 is 10.6. The molecule has 3 aromatic carbocycles. The zero-order valence-electron chi connectivity index (χ0n) is 19.2. The van der Waals surface area contributed by atoms with Crippen LogP contribution in [0.5, 0.6) is 0 Å². The third kappa shape index (κ3) is 3.33. The SMILES string of the molecule is [2H]c1cccnc1-n1c2ccccc2c2ccc(-c3cccc(N(C)c4ccccn4)c3)cc21. The van der Waals surface area contributed by atoms with Gasteiger partial charge in [0.2, 0.25) is 0 Å². The molecule has 4 nitrogen and oxygen atoms in total. The smallest absolute Gasteiger partial charge is 0.137 e. The summed E-state index contributed by atoms with van der Waals surface area (Å²) in [5.74, 6) is 1.53. The van der Waals surface area contributed by atoms with E-state index in [0.29, 0.717) is 11.9 Å². The van der Waals surface area contributed by atoms with Crippen molar-refractivity contribution < 1.29 is 1.37 Å². The van der Waals surface area contributed by atoms with Crippen molar-refractivity contribution in [3.63, 3.8) is 0 Å². The zero-order chi connectivity index (χ0) is 23.1. The molecule has 6 aromatic rings. The molecule has 0 saturated carbocycles. The summed E-state index contributed by atoms with van der Waals surface area (Å²) in [4.78, 5) is 11.1. The topological polar surface area (TPSA) is 34.0 Å². The molecule has 0 saturated heterocycles. The molecule has 0 radical (unpaired) electrons. The van der Waals surface area contributed by atoms with Crippen LogP contribution in [0.25, 0.3) is 38.8 Å². The van der Waals surface area contributed by atoms with Crippen molar-refractivity contribution in [3.05, 3.63) is 115 Å². The molecule has 0 aliphatic rings. The Morgan fingerprint density at radius 1 is 0.697 bits per heavy atom. The van der Waals surface area contributed by atoms with Crippen molar-refractivity contribution in [1.82, 2.24) is 14.5 Å². The normalized spacial score (nSPS) is 11.6. The molecule has 0 aliphatic carbocycles. The number of para-hydroxylation sites is 1. The highest BCUT2D eigenvalue weighted by atomic mass is 15.2. The van der Waals surface area contributed by atoms with Crippen molar-refractivity contribution in [1.29, 1.82) is 0 Å². The van der Waals surface area contributed by atoms with E-state index >= 15 is 0 Å². The van der Waals surface area contributed by atoms with E-state index in [2.05, 4.69) is 80.1 Å². The molecule has 0 unspecified atom stereocenters. The lowest BCUT2D eigenvalue weighted by Gasteiger charge is -2.19. The molecule has 0 fully saturated rings. The summed E-state index contributed by atoms with van der Waals surface area (Å²) in [6, 6.07) is 33.2. The molecule has 33 heavy (non-hydrogen) atoms. The second-order valence-electron chi connectivity index (χ2n) is 7.99. The Kier molecular flexibility index (Phi) is 4.36. The van der Waals surface area contributed by atoms with E-state index in [1.807, 2.05) is 31.3 Å². The van der Waals surface area contributed by atoms with Gasteiger partial charge in [-0.2, -0.15) is 0 Å². The van der Waals surface area contributed by atoms with Gasteiger partial charge in [0.25, 0.3) is 0 Å². The van der Waals surface area contributed by atoms with Crippen LogP contribution in [0, 0.1) is 0 Å². The second kappa shape index (κ2) is 7.92. The van der Waals surface area contributed by atoms with Gasteiger partial charge in [-0.05, 0) is 59.6 Å². The van der Waals surface area contributed by atoms with E-state index < -0.39 is 0 Å². The van der Waals surface area contributed by atoms with Gasteiger partial charge in [-0.15, -0.1) is 0 Å². The monoisotopic (exact) mass is 427 g/mol. The summed E-state index contributed by atoms with van der Waals surface area (Å²) in [6.07, 6.45) is 3.55. The van der Waals surface area contributed by atoms with E-state index in [4.69, 9.17) is 1.37 Å². The van der Waals surface area contributed by atoms with Crippen LogP contribution in [-0.2, 0) is 0 Å². The minimum absolute atomic E-state index is 0.398. The van der Waals surface area contributed by atoms with Gasteiger partial charge in [-0.1, -0.05) is 54.6 Å². The van der Waals surface area contributed by atoms with E-state index in [1.165, 1.54) is 0 Å². The molecule has 0 bridgehead atoms. The number of hydrogen-bond donors (Lipinski definition) is 0. The van der Waals surface area contributed by atoms with E-state index in [9.17, 15) is 0 Å². The van der Waals surface area contributed by atoms with Gasteiger partial charge >= 0.3 is 0 Å². The summed E-state index contributed by atoms with van der Waals surface area (Å²) in [7, 11) is 2.03. The number of aromatic nitrogens is 3. The first kappa shape index (κ1) is 18.2. The van der Waals surface area contributed by atoms with Gasteiger partial charge in [0.15, 0.2) is 0 Å². The van der Waals surface area contributed by atoms with E-state index in [0.717, 1.165) is 44.4 Å². The minimum atomic E-state index is 0.398. The number of anilines is 2. The molecule has 0 amide bonds. The van der Waals surface area contributed by atoms with Gasteiger partial charge in [-0.3, -0.25) is 4.57 Å². The van der Waals surface area contributed by atoms with Crippen LogP contribution in [0.15, 0.2) is 115 Å². The molecular formula is C29H22N4. The molecule has 3 heterocycles. The molecule has 0 aliphatic heterocycles. The largest absolute Gasteiger partial charge is 0.329 e. The van der Waals surface area contributed by atoms with Crippen molar-refractivity contribution in [3.8, 4) is 16.9 Å². The lowest BCUT2D eigenvalue weighted by atomic mass is 10.0. The summed E-state index contributed by atoms with van der Waals surface area (Å²) in [5, 5.41) is 2.30. The predicted octanol–water partition coefficient (Wildman–Crippen LogP) is 7.01. The van der Waals surface area contributed by atoms with Crippen molar-refractivity contribution >= 4 is 33.3 Å². The quantitative estimate of drug-likeness (QED) is 0.303. The molecule has 4 heteroatoms. The summed E-state index contributed by atoms with van der Waals surface area (Å²) in [6.45, 7) is 0. The van der Waals surface area contributed by atoms with Gasteiger partial charge in [0.05, 0.1) is 12.4 Å². The van der Waals surface area contributed by atoms with Crippen molar-refractivity contribution in [2.75, 3.05) is 11.9 Å². The Balaban J connectivity index is 1.53. The maximum absolute atomic E-state index is 8.48. The Morgan fingerprint density at radius 2 is 1.48 bits per heavy atom. The predicted molar refractivity (Wildman–Crippen MR) is 136 cm³/mol. The lowest BCUT2D eigenvalue weighted by Crippen LogP contribution is -2.10. The fourth-order valence-electron chi connectivity index (χ4n) is 4.40. The molecule has 6 rings (SSSR count). The number of fused-ring (bicyclic) bond motifs is 3. The lowest BCUT2D eigenvalue weighted by molar-refractivity contribution is 1.08. The molecule has 0 atom stereocenters. The minimum Gasteiger partial charge on any atom is -0.329 e. The number of rotatable bonds is 4. The number of nitrogens with zero attached hydrogens (tertiary/aromatic N) is 4. The average molecular weight is 428 g/mol. The Bertz CT molecular complexity index is 1640. The Hall–Kier alpha value is -4.44. The first-order chi connectivity index (χ1) is 16.7. The fourth-order valence-corrected chi connectivity index (χ4v) is 4.40. The van der Waals surface area contributed by atoms with Crippen molar-refractivity contribution in [2.24, 2.45) is 0 Å². The first-order valence-electron chi connectivity index (χ1n) is 11.4. The first-order valence-corrected chi connectivity index (χ1v) is 10.9. The van der Waals surface area contributed by atoms with Gasteiger partial charge in [-0.25, -0.2) is 9.97 Å². The highest BCUT2D eigenvalue weighted by molar-refractivity contribution is 6.10. The van der Waals surface area contributed by atoms with Crippen LogP contribution >= 0.6 is 0 Å². The van der Waals surface area contributed by atoms with Crippen LogP contribution in [0.2, 0.25) is 0 Å². The Morgan fingerprint density at radius 3 is 2.36 bits per heavy atom. The van der Waals surface area contributed by atoms with Gasteiger partial charge in [0.1, 0.15) is 11.6 Å². The number of hydrogen-bond acceptors (Lipinski definition) is 3. The van der Waals surface area contributed by atoms with E-state index in [1.54, 1.807) is 24.5 Å². The second-order valence-corrected chi connectivity index (χ2v) is 7.99. The van der Waals surface area contributed by atoms with Crippen LogP contribution in [0.1, 0.15) is 1.37 Å². The molecular weight excluding hydrogens is 404 g/mol. The highest BCUT2D eigenvalue weighted by Crippen LogP contribution is 2.35. The maximum Gasteiger partial charge on any atom is 0.137 e. The fraction of sp³-hybridized carbons (Fsp3) is 0.0345. The molecule has 0 N–H and O–H groups in total. The molecule has 3 aromatic heterocycles. The van der Waals surface area contributed by atoms with E-state index in [-0.39, 0.29) is 0 Å². The van der Waals surface area contributed by atoms with Crippen molar-refractivity contribution in [2.45, 2.75) is 0 Å². The molecule has 0 spiro atoms. The standard InChI is InChI=1S/C29H22N4/c1-32(28-13-4-6-17-30-28)23-10-8-9-21(19-23)22-15-16-25-24-11-2-3-12-26(24)33(27(25)20-22)29-14-5-7-18-31-29/h2-20H,1H3/i14D. The third-order valence-electron chi connectivity index (χ3n) is 6.04. The third-order valence-corrected chi connectivity index (χ3v) is 6.04. The van der Waals surface area contributed by atoms with Crippen LogP contribution in [-0.4, -0.2) is 21.6 Å². The number of benzene rings is 3. The summed E-state index contributed by atoms with van der Waals surface area (Å²) >= 11 is 0. The molecule has 158 valence electrons. The maximum atomic E-state index is 8.48. The summed E-state index contributed by atoms with van der Waals surface area (Å²) in [5.41, 5.74) is 5.37. The number of pyridine rings is 2.